The SMILES string of the molecule is CC(C)C(CCN)CCC(=O)N[C@H]1CCCC[C@@H]1O. The van der Waals surface area contributed by atoms with Crippen LogP contribution in [0.2, 0.25) is 0 Å². The van der Waals surface area contributed by atoms with Gasteiger partial charge >= 0.3 is 0 Å². The average Bonchev–Trinajstić information content (AvgIpc) is 2.37. The van der Waals surface area contributed by atoms with Gasteiger partial charge in [0, 0.05) is 6.42 Å². The van der Waals surface area contributed by atoms with Gasteiger partial charge in [0.15, 0.2) is 0 Å². The van der Waals surface area contributed by atoms with E-state index in [-0.39, 0.29) is 18.1 Å². The maximum absolute atomic E-state index is 11.9. The van der Waals surface area contributed by atoms with Crippen LogP contribution in [0.15, 0.2) is 0 Å². The minimum absolute atomic E-state index is 0.0340. The number of nitrogens with two attached hydrogens (primary N) is 1. The zero-order valence-corrected chi connectivity index (χ0v) is 12.4. The highest BCUT2D eigenvalue weighted by molar-refractivity contribution is 5.76. The van der Waals surface area contributed by atoms with E-state index in [9.17, 15) is 9.90 Å². The third-order valence-corrected chi connectivity index (χ3v) is 4.30. The van der Waals surface area contributed by atoms with Gasteiger partial charge in [-0.05, 0) is 44.1 Å². The molecule has 112 valence electrons. The summed E-state index contributed by atoms with van der Waals surface area (Å²) in [4.78, 5) is 11.9. The Hall–Kier alpha value is -0.610. The van der Waals surface area contributed by atoms with Crippen molar-refractivity contribution in [3.05, 3.63) is 0 Å². The molecule has 0 aromatic rings. The van der Waals surface area contributed by atoms with Crippen molar-refractivity contribution in [1.82, 2.24) is 5.32 Å². The van der Waals surface area contributed by atoms with Gasteiger partial charge in [-0.1, -0.05) is 26.7 Å². The molecule has 0 aliphatic heterocycles. The molecule has 4 N–H and O–H groups in total. The molecule has 0 saturated heterocycles. The van der Waals surface area contributed by atoms with Crippen LogP contribution in [0.4, 0.5) is 0 Å². The quantitative estimate of drug-likeness (QED) is 0.660. The fourth-order valence-electron chi connectivity index (χ4n) is 2.90. The van der Waals surface area contributed by atoms with Crippen LogP contribution in [0, 0.1) is 11.8 Å². The second kappa shape index (κ2) is 8.54. The molecule has 0 radical (unpaired) electrons. The van der Waals surface area contributed by atoms with Gasteiger partial charge in [-0.15, -0.1) is 0 Å². The van der Waals surface area contributed by atoms with Gasteiger partial charge in [-0.25, -0.2) is 0 Å². The standard InChI is InChI=1S/C15H30N2O2/c1-11(2)12(9-10-16)7-8-15(19)17-13-5-3-4-6-14(13)18/h11-14,18H,3-10,16H2,1-2H3,(H,17,19)/t12?,13-,14-/m0/s1. The third-order valence-electron chi connectivity index (χ3n) is 4.30. The monoisotopic (exact) mass is 270 g/mol. The average molecular weight is 270 g/mol. The summed E-state index contributed by atoms with van der Waals surface area (Å²) in [6, 6.07) is -0.0340. The Morgan fingerprint density at radius 1 is 1.32 bits per heavy atom. The highest BCUT2D eigenvalue weighted by Crippen LogP contribution is 2.21. The summed E-state index contributed by atoms with van der Waals surface area (Å²) in [5, 5.41) is 12.8. The van der Waals surface area contributed by atoms with Gasteiger partial charge in [0.1, 0.15) is 0 Å². The van der Waals surface area contributed by atoms with Crippen LogP contribution in [-0.2, 0) is 4.79 Å². The summed E-state index contributed by atoms with van der Waals surface area (Å²) >= 11 is 0. The Bertz CT molecular complexity index is 269. The summed E-state index contributed by atoms with van der Waals surface area (Å²) in [6.07, 6.45) is 5.95. The van der Waals surface area contributed by atoms with Crippen molar-refractivity contribution in [3.8, 4) is 0 Å². The minimum Gasteiger partial charge on any atom is -0.391 e. The number of carbonyl (C=O) groups excluding carboxylic acids is 1. The molecule has 3 atom stereocenters. The van der Waals surface area contributed by atoms with Crippen molar-refractivity contribution >= 4 is 5.91 Å². The highest BCUT2D eigenvalue weighted by Gasteiger charge is 2.24. The van der Waals surface area contributed by atoms with E-state index in [4.69, 9.17) is 5.73 Å². The van der Waals surface area contributed by atoms with Gasteiger partial charge in [0.25, 0.3) is 0 Å². The maximum atomic E-state index is 11.9. The Kier molecular flexibility index (Phi) is 7.39. The first-order valence-electron chi connectivity index (χ1n) is 7.72. The Balaban J connectivity index is 2.29. The first-order chi connectivity index (χ1) is 9.04. The number of hydrogen-bond donors (Lipinski definition) is 3. The number of amides is 1. The molecule has 0 bridgehead atoms. The molecule has 0 spiro atoms. The summed E-state index contributed by atoms with van der Waals surface area (Å²) in [5.74, 6) is 1.16. The normalized spacial score (nSPS) is 25.3. The van der Waals surface area contributed by atoms with Crippen LogP contribution in [0.1, 0.15) is 58.8 Å². The zero-order chi connectivity index (χ0) is 14.3. The van der Waals surface area contributed by atoms with Gasteiger partial charge in [0.2, 0.25) is 5.91 Å². The van der Waals surface area contributed by atoms with Gasteiger partial charge in [0.05, 0.1) is 12.1 Å². The molecule has 19 heavy (non-hydrogen) atoms. The van der Waals surface area contributed by atoms with E-state index in [1.165, 1.54) is 0 Å². The van der Waals surface area contributed by atoms with E-state index in [1.807, 2.05) is 0 Å². The lowest BCUT2D eigenvalue weighted by Gasteiger charge is -2.28. The number of nitrogens with one attached hydrogen (secondary N) is 1. The van der Waals surface area contributed by atoms with Gasteiger partial charge in [-0.2, -0.15) is 0 Å². The van der Waals surface area contributed by atoms with Crippen LogP contribution in [-0.4, -0.2) is 29.7 Å². The molecule has 0 aromatic heterocycles. The molecule has 0 aromatic carbocycles. The molecular weight excluding hydrogens is 240 g/mol. The molecule has 1 fully saturated rings. The first-order valence-corrected chi connectivity index (χ1v) is 7.72. The van der Waals surface area contributed by atoms with E-state index in [1.54, 1.807) is 0 Å². The summed E-state index contributed by atoms with van der Waals surface area (Å²) in [6.45, 7) is 5.05. The van der Waals surface area contributed by atoms with E-state index in [0.29, 0.717) is 24.8 Å². The van der Waals surface area contributed by atoms with Crippen molar-refractivity contribution in [1.29, 1.82) is 0 Å². The molecule has 4 nitrogen and oxygen atoms in total. The molecule has 4 heteroatoms. The number of aliphatic hydroxyl groups is 1. The highest BCUT2D eigenvalue weighted by atomic mass is 16.3. The lowest BCUT2D eigenvalue weighted by Crippen LogP contribution is -2.45. The summed E-state index contributed by atoms with van der Waals surface area (Å²) in [5.41, 5.74) is 5.61. The topological polar surface area (TPSA) is 75.4 Å². The van der Waals surface area contributed by atoms with Crippen molar-refractivity contribution in [2.75, 3.05) is 6.54 Å². The van der Waals surface area contributed by atoms with Crippen LogP contribution in [0.5, 0.6) is 0 Å². The van der Waals surface area contributed by atoms with Gasteiger partial charge < -0.3 is 16.2 Å². The van der Waals surface area contributed by atoms with Crippen molar-refractivity contribution in [2.24, 2.45) is 17.6 Å². The Morgan fingerprint density at radius 3 is 2.58 bits per heavy atom. The van der Waals surface area contributed by atoms with Crippen molar-refractivity contribution in [2.45, 2.75) is 70.9 Å². The molecule has 1 saturated carbocycles. The van der Waals surface area contributed by atoms with Crippen LogP contribution >= 0.6 is 0 Å². The number of carbonyl (C=O) groups is 1. The fraction of sp³-hybridized carbons (Fsp3) is 0.933. The molecule has 1 aliphatic carbocycles. The lowest BCUT2D eigenvalue weighted by molar-refractivity contribution is -0.123. The Labute approximate surface area is 117 Å². The predicted octanol–water partition coefficient (Wildman–Crippen LogP) is 1.81. The second-order valence-electron chi connectivity index (χ2n) is 6.15. The molecule has 1 unspecified atom stereocenters. The fourth-order valence-corrected chi connectivity index (χ4v) is 2.90. The maximum Gasteiger partial charge on any atom is 0.220 e. The molecule has 1 aliphatic rings. The van der Waals surface area contributed by atoms with Crippen LogP contribution in [0.3, 0.4) is 0 Å². The van der Waals surface area contributed by atoms with E-state index in [0.717, 1.165) is 38.5 Å². The Morgan fingerprint density at radius 2 is 2.00 bits per heavy atom. The minimum atomic E-state index is -0.359. The summed E-state index contributed by atoms with van der Waals surface area (Å²) in [7, 11) is 0. The number of hydrogen-bond acceptors (Lipinski definition) is 3. The molecule has 1 amide bonds. The van der Waals surface area contributed by atoms with Crippen LogP contribution in [0.25, 0.3) is 0 Å². The number of rotatable bonds is 7. The van der Waals surface area contributed by atoms with Crippen LogP contribution < -0.4 is 11.1 Å². The third kappa shape index (κ3) is 5.91. The predicted molar refractivity (Wildman–Crippen MR) is 77.6 cm³/mol. The smallest absolute Gasteiger partial charge is 0.220 e. The largest absolute Gasteiger partial charge is 0.391 e. The number of aliphatic hydroxyl groups excluding tert-OH is 1. The van der Waals surface area contributed by atoms with E-state index in [2.05, 4.69) is 19.2 Å². The first kappa shape index (κ1) is 16.4. The lowest BCUT2D eigenvalue weighted by atomic mass is 9.88. The van der Waals surface area contributed by atoms with E-state index < -0.39 is 0 Å². The van der Waals surface area contributed by atoms with E-state index >= 15 is 0 Å². The zero-order valence-electron chi connectivity index (χ0n) is 12.4. The van der Waals surface area contributed by atoms with Gasteiger partial charge in [-0.3, -0.25) is 4.79 Å². The summed E-state index contributed by atoms with van der Waals surface area (Å²) < 4.78 is 0. The van der Waals surface area contributed by atoms with Crippen molar-refractivity contribution < 1.29 is 9.90 Å². The second-order valence-corrected chi connectivity index (χ2v) is 6.15. The molecule has 1 rings (SSSR count). The molecular formula is C15H30N2O2. The molecule has 0 heterocycles. The van der Waals surface area contributed by atoms with Crippen molar-refractivity contribution in [3.63, 3.8) is 0 Å².